The average molecular weight is 322 g/mol. The van der Waals surface area contributed by atoms with E-state index in [0.717, 1.165) is 23.1 Å². The second-order valence-corrected chi connectivity index (χ2v) is 6.61. The Hall–Kier alpha value is -0.870. The Morgan fingerprint density at radius 2 is 2.05 bits per heavy atom. The normalized spacial score (nSPS) is 23.4. The zero-order valence-electron chi connectivity index (χ0n) is 11.8. The second-order valence-electron chi connectivity index (χ2n) is 5.80. The first-order chi connectivity index (χ1) is 9.04. The van der Waals surface area contributed by atoms with Gasteiger partial charge in [0.25, 0.3) is 0 Å². The van der Waals surface area contributed by atoms with Gasteiger partial charge in [0.05, 0.1) is 0 Å². The van der Waals surface area contributed by atoms with Gasteiger partial charge in [0.2, 0.25) is 0 Å². The van der Waals surface area contributed by atoms with Gasteiger partial charge in [-0.25, -0.2) is 4.98 Å². The topological polar surface area (TPSA) is 29.9 Å². The van der Waals surface area contributed by atoms with Crippen LogP contribution in [0.5, 0.6) is 0 Å². The Morgan fingerprint density at radius 3 is 2.79 bits per heavy atom. The Bertz CT molecular complexity index is 632. The van der Waals surface area contributed by atoms with E-state index in [-0.39, 0.29) is 5.54 Å². The van der Waals surface area contributed by atoms with Crippen molar-refractivity contribution in [3.05, 3.63) is 28.0 Å². The SMILES string of the molecule is CNC1(C)CCc2c(n(C)c3nc(Br)ccc23)CC1. The highest BCUT2D eigenvalue weighted by Crippen LogP contribution is 2.33. The van der Waals surface area contributed by atoms with Crippen molar-refractivity contribution in [2.24, 2.45) is 7.05 Å². The van der Waals surface area contributed by atoms with Crippen molar-refractivity contribution < 1.29 is 0 Å². The predicted molar refractivity (Wildman–Crippen MR) is 82.5 cm³/mol. The highest BCUT2D eigenvalue weighted by molar-refractivity contribution is 9.10. The number of nitrogens with zero attached hydrogens (tertiary/aromatic N) is 2. The summed E-state index contributed by atoms with van der Waals surface area (Å²) in [5.41, 5.74) is 4.32. The molecule has 1 atom stereocenters. The van der Waals surface area contributed by atoms with Crippen LogP contribution in [0.1, 0.15) is 31.0 Å². The minimum atomic E-state index is 0.258. The molecule has 0 spiro atoms. The number of aryl methyl sites for hydroxylation is 2. The highest BCUT2D eigenvalue weighted by atomic mass is 79.9. The molecule has 102 valence electrons. The summed E-state index contributed by atoms with van der Waals surface area (Å²) in [6.45, 7) is 2.33. The van der Waals surface area contributed by atoms with E-state index in [1.807, 2.05) is 6.07 Å². The summed E-state index contributed by atoms with van der Waals surface area (Å²) in [6.07, 6.45) is 4.62. The largest absolute Gasteiger partial charge is 0.332 e. The molecule has 2 aromatic heterocycles. The molecule has 4 heteroatoms. The molecule has 0 amide bonds. The monoisotopic (exact) mass is 321 g/mol. The van der Waals surface area contributed by atoms with Crippen molar-refractivity contribution in [1.29, 1.82) is 0 Å². The summed E-state index contributed by atoms with van der Waals surface area (Å²) in [5, 5.41) is 4.81. The summed E-state index contributed by atoms with van der Waals surface area (Å²) >= 11 is 3.47. The number of pyridine rings is 1. The molecule has 0 aliphatic heterocycles. The third-order valence-electron chi connectivity index (χ3n) is 4.68. The highest BCUT2D eigenvalue weighted by Gasteiger charge is 2.28. The number of rotatable bonds is 1. The Labute approximate surface area is 122 Å². The van der Waals surface area contributed by atoms with Gasteiger partial charge in [-0.05, 0) is 73.3 Å². The number of nitrogens with one attached hydrogen (secondary N) is 1. The molecule has 1 N–H and O–H groups in total. The molecule has 0 saturated heterocycles. The molecule has 1 aliphatic carbocycles. The lowest BCUT2D eigenvalue weighted by Gasteiger charge is -2.27. The summed E-state index contributed by atoms with van der Waals surface area (Å²) in [4.78, 5) is 4.63. The van der Waals surface area contributed by atoms with Crippen molar-refractivity contribution in [3.63, 3.8) is 0 Å². The summed E-state index contributed by atoms with van der Waals surface area (Å²) in [5.74, 6) is 0. The van der Waals surface area contributed by atoms with Gasteiger partial charge < -0.3 is 9.88 Å². The maximum atomic E-state index is 4.63. The molecule has 0 saturated carbocycles. The minimum absolute atomic E-state index is 0.258. The molecule has 2 heterocycles. The molecule has 3 nitrogen and oxygen atoms in total. The molecule has 0 aromatic carbocycles. The summed E-state index contributed by atoms with van der Waals surface area (Å²) < 4.78 is 3.19. The number of aromatic nitrogens is 2. The minimum Gasteiger partial charge on any atom is -0.332 e. The zero-order valence-corrected chi connectivity index (χ0v) is 13.3. The molecular formula is C15H20BrN3. The fourth-order valence-electron chi connectivity index (χ4n) is 3.17. The van der Waals surface area contributed by atoms with Gasteiger partial charge >= 0.3 is 0 Å². The number of halogens is 1. The van der Waals surface area contributed by atoms with E-state index in [4.69, 9.17) is 0 Å². The van der Waals surface area contributed by atoms with Crippen LogP contribution in [-0.2, 0) is 19.9 Å². The van der Waals surface area contributed by atoms with E-state index in [1.54, 1.807) is 0 Å². The lowest BCUT2D eigenvalue weighted by molar-refractivity contribution is 0.339. The molecule has 0 fully saturated rings. The van der Waals surface area contributed by atoms with Crippen LogP contribution in [0, 0.1) is 0 Å². The molecule has 2 aromatic rings. The third-order valence-corrected chi connectivity index (χ3v) is 5.12. The Balaban J connectivity index is 2.12. The van der Waals surface area contributed by atoms with Crippen molar-refractivity contribution in [1.82, 2.24) is 14.9 Å². The van der Waals surface area contributed by atoms with Crippen molar-refractivity contribution in [2.75, 3.05) is 7.05 Å². The predicted octanol–water partition coefficient (Wildman–Crippen LogP) is 3.19. The third kappa shape index (κ3) is 2.11. The molecular weight excluding hydrogens is 302 g/mol. The number of hydrogen-bond donors (Lipinski definition) is 1. The van der Waals surface area contributed by atoms with Crippen LogP contribution in [0.3, 0.4) is 0 Å². The van der Waals surface area contributed by atoms with Crippen molar-refractivity contribution in [3.8, 4) is 0 Å². The molecule has 19 heavy (non-hydrogen) atoms. The van der Waals surface area contributed by atoms with Crippen LogP contribution in [0.2, 0.25) is 0 Å². The standard InChI is InChI=1S/C15H20BrN3/c1-15(17-2)8-6-10-11-4-5-13(16)18-14(11)19(3)12(10)7-9-15/h4-5,17H,6-9H2,1-3H3. The Morgan fingerprint density at radius 1 is 1.32 bits per heavy atom. The molecule has 0 bridgehead atoms. The van der Waals surface area contributed by atoms with Gasteiger partial charge in [0.15, 0.2) is 0 Å². The Kier molecular flexibility index (Phi) is 3.18. The van der Waals surface area contributed by atoms with E-state index in [1.165, 1.54) is 29.5 Å². The van der Waals surface area contributed by atoms with Gasteiger partial charge in [0, 0.05) is 23.7 Å². The number of fused-ring (bicyclic) bond motifs is 3. The van der Waals surface area contributed by atoms with E-state index >= 15 is 0 Å². The first-order valence-corrected chi connectivity index (χ1v) is 7.65. The van der Waals surface area contributed by atoms with Gasteiger partial charge in [-0.1, -0.05) is 0 Å². The quantitative estimate of drug-likeness (QED) is 0.645. The van der Waals surface area contributed by atoms with Crippen molar-refractivity contribution >= 4 is 27.0 Å². The first-order valence-electron chi connectivity index (χ1n) is 6.86. The van der Waals surface area contributed by atoms with Crippen molar-refractivity contribution in [2.45, 2.75) is 38.1 Å². The van der Waals surface area contributed by atoms with Crippen LogP contribution in [-0.4, -0.2) is 22.1 Å². The molecule has 0 radical (unpaired) electrons. The smallest absolute Gasteiger partial charge is 0.141 e. The maximum Gasteiger partial charge on any atom is 0.141 e. The second kappa shape index (κ2) is 4.60. The van der Waals surface area contributed by atoms with E-state index in [9.17, 15) is 0 Å². The van der Waals surface area contributed by atoms with Crippen LogP contribution >= 0.6 is 15.9 Å². The van der Waals surface area contributed by atoms with E-state index < -0.39 is 0 Å². The molecule has 3 rings (SSSR count). The van der Waals surface area contributed by atoms with Crippen LogP contribution in [0.25, 0.3) is 11.0 Å². The summed E-state index contributed by atoms with van der Waals surface area (Å²) in [6, 6.07) is 4.25. The van der Waals surface area contributed by atoms with Crippen LogP contribution in [0.4, 0.5) is 0 Å². The van der Waals surface area contributed by atoms with Gasteiger partial charge in [-0.15, -0.1) is 0 Å². The maximum absolute atomic E-state index is 4.63. The first kappa shape index (κ1) is 13.1. The number of hydrogen-bond acceptors (Lipinski definition) is 2. The lowest BCUT2D eigenvalue weighted by Crippen LogP contribution is -2.39. The van der Waals surface area contributed by atoms with Gasteiger partial charge in [-0.2, -0.15) is 0 Å². The van der Waals surface area contributed by atoms with Gasteiger partial charge in [-0.3, -0.25) is 0 Å². The van der Waals surface area contributed by atoms with E-state index in [0.29, 0.717) is 0 Å². The van der Waals surface area contributed by atoms with Gasteiger partial charge in [0.1, 0.15) is 10.3 Å². The van der Waals surface area contributed by atoms with E-state index in [2.05, 4.69) is 57.9 Å². The zero-order chi connectivity index (χ0) is 13.6. The fourth-order valence-corrected chi connectivity index (χ4v) is 3.47. The summed E-state index contributed by atoms with van der Waals surface area (Å²) in [7, 11) is 4.22. The fraction of sp³-hybridized carbons (Fsp3) is 0.533. The lowest BCUT2D eigenvalue weighted by atomic mass is 9.92. The van der Waals surface area contributed by atoms with Crippen LogP contribution in [0.15, 0.2) is 16.7 Å². The average Bonchev–Trinajstić information content (AvgIpc) is 2.56. The molecule has 1 unspecified atom stereocenters. The molecule has 1 aliphatic rings. The van der Waals surface area contributed by atoms with Crippen LogP contribution < -0.4 is 5.32 Å².